The van der Waals surface area contributed by atoms with E-state index in [0.717, 1.165) is 34.9 Å². The van der Waals surface area contributed by atoms with Crippen LogP contribution in [0.4, 0.5) is 5.69 Å². The quantitative estimate of drug-likeness (QED) is 0.168. The van der Waals surface area contributed by atoms with E-state index in [2.05, 4.69) is 0 Å². The fourth-order valence-electron chi connectivity index (χ4n) is 4.65. The summed E-state index contributed by atoms with van der Waals surface area (Å²) in [5.41, 5.74) is -0.582. The lowest BCUT2D eigenvalue weighted by Crippen LogP contribution is -2.39. The van der Waals surface area contributed by atoms with Crippen molar-refractivity contribution in [1.82, 2.24) is 4.90 Å². The van der Waals surface area contributed by atoms with Crippen molar-refractivity contribution >= 4 is 41.5 Å². The van der Waals surface area contributed by atoms with Crippen molar-refractivity contribution in [3.05, 3.63) is 23.3 Å². The van der Waals surface area contributed by atoms with Crippen LogP contribution in [0.15, 0.2) is 12.1 Å². The molecule has 1 aliphatic rings. The molecule has 0 heterocycles. The van der Waals surface area contributed by atoms with Gasteiger partial charge in [-0.25, -0.2) is 9.59 Å². The Morgan fingerprint density at radius 2 is 1.18 bits per heavy atom. The van der Waals surface area contributed by atoms with Gasteiger partial charge in [0, 0.05) is 6.54 Å². The summed E-state index contributed by atoms with van der Waals surface area (Å²) >= 11 is 0. The van der Waals surface area contributed by atoms with Gasteiger partial charge in [-0.15, -0.1) is 0 Å². The number of carbonyl (C=O) groups is 6. The second-order valence-electron chi connectivity index (χ2n) is 9.69. The van der Waals surface area contributed by atoms with Crippen LogP contribution in [0.1, 0.15) is 40.0 Å². The summed E-state index contributed by atoms with van der Waals surface area (Å²) in [5.74, 6) is -4.35. The summed E-state index contributed by atoms with van der Waals surface area (Å²) in [5, 5.41) is 0. The van der Waals surface area contributed by atoms with Gasteiger partial charge in [-0.05, 0) is 31.4 Å². The minimum absolute atomic E-state index is 0.0503. The molecule has 0 radical (unpaired) electrons. The lowest BCUT2D eigenvalue weighted by atomic mass is 10.0. The predicted octanol–water partition coefficient (Wildman–Crippen LogP) is 0.377. The lowest BCUT2D eigenvalue weighted by molar-refractivity contribution is -0.146. The summed E-state index contributed by atoms with van der Waals surface area (Å²) in [4.78, 5) is 76.9. The fraction of sp³-hybridized carbons (Fsp3) is 0.586. The first-order valence-corrected chi connectivity index (χ1v) is 13.9. The minimum Gasteiger partial charge on any atom is -0.486 e. The molecule has 2 atom stereocenters. The van der Waals surface area contributed by atoms with Crippen LogP contribution < -0.4 is 9.64 Å². The van der Waals surface area contributed by atoms with Gasteiger partial charge in [-0.3, -0.25) is 24.1 Å². The predicted molar refractivity (Wildman–Crippen MR) is 154 cm³/mol. The molecule has 0 aromatic heterocycles. The molecule has 0 bridgehead atoms. The molecule has 0 unspecified atom stereocenters. The van der Waals surface area contributed by atoms with Crippen molar-refractivity contribution in [2.45, 2.75) is 31.5 Å². The molecule has 2 rings (SSSR count). The molecule has 250 valence electrons. The number of nitrogens with zero attached hydrogens (tertiary/aromatic N) is 2. The van der Waals surface area contributed by atoms with Gasteiger partial charge in [0.05, 0.1) is 79.7 Å². The number of anilines is 1. The average Bonchev–Trinajstić information content (AvgIpc) is 3.49. The zero-order valence-corrected chi connectivity index (χ0v) is 26.3. The molecule has 1 aromatic rings. The Hall–Kier alpha value is -4.44. The van der Waals surface area contributed by atoms with Crippen LogP contribution in [0.25, 0.3) is 0 Å². The minimum atomic E-state index is -0.953. The first-order chi connectivity index (χ1) is 21.5. The molecule has 1 fully saturated rings. The highest BCUT2D eigenvalue weighted by Gasteiger charge is 2.35. The van der Waals surface area contributed by atoms with Gasteiger partial charge in [0.15, 0.2) is 0 Å². The van der Waals surface area contributed by atoms with E-state index in [4.69, 9.17) is 37.9 Å². The van der Waals surface area contributed by atoms with E-state index in [1.807, 2.05) is 0 Å². The Kier molecular flexibility index (Phi) is 15.0. The number of hydrogen-bond donors (Lipinski definition) is 0. The first kappa shape index (κ1) is 36.8. The maximum atomic E-state index is 13.1. The molecule has 16 nitrogen and oxygen atoms in total. The van der Waals surface area contributed by atoms with Crippen molar-refractivity contribution in [2.24, 2.45) is 0 Å². The first-order valence-electron chi connectivity index (χ1n) is 13.9. The smallest absolute Gasteiger partial charge is 0.341 e. The number of esters is 6. The molecular formula is C29H40N2O14. The van der Waals surface area contributed by atoms with Crippen LogP contribution in [0, 0.1) is 0 Å². The van der Waals surface area contributed by atoms with Crippen LogP contribution in [0.3, 0.4) is 0 Å². The van der Waals surface area contributed by atoms with E-state index >= 15 is 0 Å². The van der Waals surface area contributed by atoms with E-state index < -0.39 is 61.1 Å². The molecule has 1 aromatic carbocycles. The lowest BCUT2D eigenvalue weighted by Gasteiger charge is -2.30. The van der Waals surface area contributed by atoms with Gasteiger partial charge in [-0.2, -0.15) is 0 Å². The van der Waals surface area contributed by atoms with Crippen LogP contribution in [0.2, 0.25) is 0 Å². The van der Waals surface area contributed by atoms with Crippen LogP contribution >= 0.6 is 0 Å². The molecular weight excluding hydrogens is 600 g/mol. The van der Waals surface area contributed by atoms with Crippen molar-refractivity contribution in [3.8, 4) is 5.75 Å². The average molecular weight is 641 g/mol. The fourth-order valence-corrected chi connectivity index (χ4v) is 4.65. The number of carbonyl (C=O) groups excluding carboxylic acids is 6. The highest BCUT2D eigenvalue weighted by Crippen LogP contribution is 2.39. The van der Waals surface area contributed by atoms with E-state index in [-0.39, 0.29) is 48.8 Å². The zero-order valence-electron chi connectivity index (χ0n) is 26.3. The third kappa shape index (κ3) is 10.6. The van der Waals surface area contributed by atoms with Crippen LogP contribution in [-0.2, 0) is 52.3 Å². The van der Waals surface area contributed by atoms with E-state index in [0.29, 0.717) is 12.8 Å². The Morgan fingerprint density at radius 1 is 0.667 bits per heavy atom. The highest BCUT2D eigenvalue weighted by molar-refractivity contribution is 6.09. The SMILES string of the molecule is COC(=O)CN(CCO[C@@H]1CCC[C@@H]1Oc1ccc(C(=O)OC)c(C(=O)OC)c1N(CC(=O)OC)CC(=O)OC)CC(=O)OC. The second-order valence-corrected chi connectivity index (χ2v) is 9.69. The standard InChI is InChI=1S/C29H40N2O14/c1-38-22(32)14-30(15-23(33)39-2)12-13-44-19-8-7-9-20(19)45-21-11-10-18(28(36)42-5)26(29(37)43-6)27(21)31(16-24(34)40-3)17-25(35)41-4/h10-11,19-20H,7-9,12-17H2,1-6H3/t19-,20+/m1/s1. The number of hydrogen-bond acceptors (Lipinski definition) is 16. The molecule has 0 aliphatic heterocycles. The Morgan fingerprint density at radius 3 is 1.69 bits per heavy atom. The number of benzene rings is 1. The Labute approximate surface area is 260 Å². The summed E-state index contributed by atoms with van der Waals surface area (Å²) < 4.78 is 41.3. The summed E-state index contributed by atoms with van der Waals surface area (Å²) in [6.45, 7) is -1.01. The van der Waals surface area contributed by atoms with E-state index in [1.54, 1.807) is 0 Å². The summed E-state index contributed by atoms with van der Waals surface area (Å²) in [6.07, 6.45) is 0.847. The molecule has 1 aliphatic carbocycles. The van der Waals surface area contributed by atoms with Crippen LogP contribution in [0.5, 0.6) is 5.75 Å². The highest BCUT2D eigenvalue weighted by atomic mass is 16.6. The van der Waals surface area contributed by atoms with Crippen molar-refractivity contribution in [1.29, 1.82) is 0 Å². The third-order valence-electron chi connectivity index (χ3n) is 6.92. The zero-order chi connectivity index (χ0) is 33.5. The number of rotatable bonds is 17. The molecule has 0 amide bonds. The van der Waals surface area contributed by atoms with Crippen molar-refractivity contribution in [2.75, 3.05) is 86.9 Å². The van der Waals surface area contributed by atoms with E-state index in [9.17, 15) is 28.8 Å². The van der Waals surface area contributed by atoms with Gasteiger partial charge in [-0.1, -0.05) is 0 Å². The maximum Gasteiger partial charge on any atom is 0.341 e. The van der Waals surface area contributed by atoms with Gasteiger partial charge < -0.3 is 42.8 Å². The summed E-state index contributed by atoms with van der Waals surface area (Å²) in [6, 6.07) is 2.73. The van der Waals surface area contributed by atoms with Gasteiger partial charge >= 0.3 is 35.8 Å². The third-order valence-corrected chi connectivity index (χ3v) is 6.92. The van der Waals surface area contributed by atoms with Crippen molar-refractivity contribution in [3.63, 3.8) is 0 Å². The monoisotopic (exact) mass is 640 g/mol. The molecule has 0 saturated heterocycles. The van der Waals surface area contributed by atoms with E-state index in [1.165, 1.54) is 36.2 Å². The molecule has 1 saturated carbocycles. The number of ether oxygens (including phenoxy) is 8. The van der Waals surface area contributed by atoms with Gasteiger partial charge in [0.25, 0.3) is 0 Å². The van der Waals surface area contributed by atoms with Crippen LogP contribution in [-0.4, -0.2) is 135 Å². The second kappa shape index (κ2) is 18.4. The molecule has 0 N–H and O–H groups in total. The maximum absolute atomic E-state index is 13.1. The Balaban J connectivity index is 2.46. The normalized spacial score (nSPS) is 15.5. The number of methoxy groups -OCH3 is 6. The van der Waals surface area contributed by atoms with Crippen molar-refractivity contribution < 1.29 is 66.7 Å². The molecule has 45 heavy (non-hydrogen) atoms. The molecule has 0 spiro atoms. The largest absolute Gasteiger partial charge is 0.486 e. The van der Waals surface area contributed by atoms with Gasteiger partial charge in [0.1, 0.15) is 30.5 Å². The topological polar surface area (TPSA) is 183 Å². The summed E-state index contributed by atoms with van der Waals surface area (Å²) in [7, 11) is 7.03. The molecule has 16 heteroatoms. The van der Waals surface area contributed by atoms with Gasteiger partial charge in [0.2, 0.25) is 0 Å². The Bertz CT molecular complexity index is 1180.